The van der Waals surface area contributed by atoms with Gasteiger partial charge >= 0.3 is 5.97 Å². The summed E-state index contributed by atoms with van der Waals surface area (Å²) in [6.07, 6.45) is 3.60. The molecule has 4 rings (SSSR count). The van der Waals surface area contributed by atoms with Crippen molar-refractivity contribution in [2.75, 3.05) is 5.73 Å². The molecule has 6 nitrogen and oxygen atoms in total. The topological polar surface area (TPSA) is 89.7 Å². The van der Waals surface area contributed by atoms with Crippen molar-refractivity contribution in [2.24, 2.45) is 0 Å². The molecule has 32 heavy (non-hydrogen) atoms. The summed E-state index contributed by atoms with van der Waals surface area (Å²) < 4.78 is 5.48. The minimum atomic E-state index is -1.09. The largest absolute Gasteiger partial charge is 0.459 e. The molecule has 3 aromatic rings. The van der Waals surface area contributed by atoms with Gasteiger partial charge in [0, 0.05) is 5.69 Å². The van der Waals surface area contributed by atoms with E-state index in [1.165, 1.54) is 0 Å². The van der Waals surface area contributed by atoms with E-state index in [4.69, 9.17) is 10.5 Å². The van der Waals surface area contributed by atoms with Gasteiger partial charge in [0.1, 0.15) is 12.6 Å². The quantitative estimate of drug-likeness (QED) is 0.349. The van der Waals surface area contributed by atoms with Crippen LogP contribution in [0.25, 0.3) is 6.08 Å². The van der Waals surface area contributed by atoms with Gasteiger partial charge in [0.05, 0.1) is 11.1 Å². The highest BCUT2D eigenvalue weighted by molar-refractivity contribution is 6.22. The van der Waals surface area contributed by atoms with Crippen LogP contribution in [0.5, 0.6) is 0 Å². The van der Waals surface area contributed by atoms with Crippen LogP contribution in [-0.4, -0.2) is 28.7 Å². The number of nitrogens with zero attached hydrogens (tertiary/aromatic N) is 1. The smallest absolute Gasteiger partial charge is 0.330 e. The fraction of sp³-hybridized carbons (Fsp3) is 0.115. The first-order valence-corrected chi connectivity index (χ1v) is 10.2. The molecule has 160 valence electrons. The zero-order valence-corrected chi connectivity index (χ0v) is 17.3. The molecule has 0 fully saturated rings. The number of rotatable bonds is 7. The lowest BCUT2D eigenvalue weighted by Gasteiger charge is -2.23. The Hall–Kier alpha value is -4.19. The fourth-order valence-electron chi connectivity index (χ4n) is 3.61. The normalized spacial score (nSPS) is 13.9. The van der Waals surface area contributed by atoms with E-state index in [1.807, 2.05) is 48.5 Å². The molecule has 0 aliphatic carbocycles. The molecule has 0 saturated heterocycles. The summed E-state index contributed by atoms with van der Waals surface area (Å²) in [7, 11) is 0. The second kappa shape index (κ2) is 9.31. The molecular formula is C26H22N2O4. The summed E-state index contributed by atoms with van der Waals surface area (Å²) >= 11 is 0. The maximum absolute atomic E-state index is 13.0. The van der Waals surface area contributed by atoms with Gasteiger partial charge in [-0.25, -0.2) is 4.79 Å². The summed E-state index contributed by atoms with van der Waals surface area (Å²) in [5, 5.41) is 0. The number of fused-ring (bicyclic) bond motifs is 1. The van der Waals surface area contributed by atoms with Crippen molar-refractivity contribution in [1.82, 2.24) is 4.90 Å². The van der Waals surface area contributed by atoms with Gasteiger partial charge in [0.2, 0.25) is 0 Å². The molecule has 3 aromatic carbocycles. The second-order valence-corrected chi connectivity index (χ2v) is 7.40. The predicted molar refractivity (Wildman–Crippen MR) is 121 cm³/mol. The molecule has 0 radical (unpaired) electrons. The number of amides is 2. The van der Waals surface area contributed by atoms with Crippen molar-refractivity contribution in [3.63, 3.8) is 0 Å². The highest BCUT2D eigenvalue weighted by Crippen LogP contribution is 2.27. The lowest BCUT2D eigenvalue weighted by molar-refractivity contribution is -0.149. The number of anilines is 1. The Bertz CT molecular complexity index is 1150. The van der Waals surface area contributed by atoms with E-state index in [2.05, 4.69) is 0 Å². The van der Waals surface area contributed by atoms with Crippen molar-refractivity contribution in [2.45, 2.75) is 19.1 Å². The highest BCUT2D eigenvalue weighted by atomic mass is 16.5. The molecule has 1 aliphatic heterocycles. The number of carbonyl (C=O) groups is 3. The first-order valence-electron chi connectivity index (χ1n) is 10.2. The molecule has 1 heterocycles. The standard InChI is InChI=1S/C26H22N2O4/c27-22-15-7-4-11-19(22)12-8-16-23(26(31)32-17-18-9-2-1-3-10-18)28-24(29)20-13-5-6-14-21(20)25(28)30/h1-15,23H,16-17,27H2. The number of benzene rings is 3. The van der Waals surface area contributed by atoms with Gasteiger partial charge in [-0.05, 0) is 35.7 Å². The van der Waals surface area contributed by atoms with E-state index < -0.39 is 23.8 Å². The summed E-state index contributed by atoms with van der Waals surface area (Å²) in [6.45, 7) is 0.0503. The first-order chi connectivity index (χ1) is 15.6. The Kier molecular flexibility index (Phi) is 6.12. The molecule has 0 bridgehead atoms. The third kappa shape index (κ3) is 4.30. The number of esters is 1. The van der Waals surface area contributed by atoms with Crippen molar-refractivity contribution in [3.05, 3.63) is 107 Å². The fourth-order valence-corrected chi connectivity index (χ4v) is 3.61. The van der Waals surface area contributed by atoms with Gasteiger partial charge < -0.3 is 10.5 Å². The molecule has 0 saturated carbocycles. The number of hydrogen-bond donors (Lipinski definition) is 1. The zero-order valence-electron chi connectivity index (χ0n) is 17.3. The van der Waals surface area contributed by atoms with Crippen molar-refractivity contribution in [3.8, 4) is 0 Å². The zero-order chi connectivity index (χ0) is 22.5. The first kappa shape index (κ1) is 21.1. The molecular weight excluding hydrogens is 404 g/mol. The van der Waals surface area contributed by atoms with Crippen LogP contribution in [-0.2, 0) is 16.1 Å². The Morgan fingerprint density at radius 1 is 0.875 bits per heavy atom. The summed E-state index contributed by atoms with van der Waals surface area (Å²) in [4.78, 5) is 40.0. The van der Waals surface area contributed by atoms with E-state index in [0.29, 0.717) is 5.69 Å². The minimum absolute atomic E-state index is 0.0503. The third-order valence-electron chi connectivity index (χ3n) is 5.29. The molecule has 6 heteroatoms. The number of carbonyl (C=O) groups excluding carboxylic acids is 3. The average molecular weight is 426 g/mol. The van der Waals surface area contributed by atoms with Crippen LogP contribution in [0.1, 0.15) is 38.3 Å². The number of para-hydroxylation sites is 1. The Labute approximate surface area is 185 Å². The van der Waals surface area contributed by atoms with Gasteiger partial charge in [-0.1, -0.05) is 72.8 Å². The lowest BCUT2D eigenvalue weighted by Crippen LogP contribution is -2.45. The second-order valence-electron chi connectivity index (χ2n) is 7.40. The van der Waals surface area contributed by atoms with Crippen LogP contribution in [0.2, 0.25) is 0 Å². The number of nitrogens with two attached hydrogens (primary N) is 1. The van der Waals surface area contributed by atoms with Crippen LogP contribution in [0.15, 0.2) is 84.9 Å². The van der Waals surface area contributed by atoms with Gasteiger partial charge in [0.25, 0.3) is 11.8 Å². The van der Waals surface area contributed by atoms with Crippen LogP contribution in [0.3, 0.4) is 0 Å². The predicted octanol–water partition coefficient (Wildman–Crippen LogP) is 4.08. The number of ether oxygens (including phenoxy) is 1. The lowest BCUT2D eigenvalue weighted by atomic mass is 10.1. The van der Waals surface area contributed by atoms with E-state index >= 15 is 0 Å². The SMILES string of the molecule is Nc1ccccc1C=CCC(C(=O)OCc1ccccc1)N1C(=O)c2ccccc2C1=O. The molecule has 1 atom stereocenters. The maximum Gasteiger partial charge on any atom is 0.330 e. The molecule has 2 N–H and O–H groups in total. The summed E-state index contributed by atoms with van der Waals surface area (Å²) in [5.74, 6) is -1.64. The van der Waals surface area contributed by atoms with E-state index in [-0.39, 0.29) is 24.2 Å². The van der Waals surface area contributed by atoms with Crippen molar-refractivity contribution in [1.29, 1.82) is 0 Å². The van der Waals surface area contributed by atoms with Crippen LogP contribution in [0.4, 0.5) is 5.69 Å². The average Bonchev–Trinajstić information content (AvgIpc) is 3.07. The van der Waals surface area contributed by atoms with Crippen LogP contribution >= 0.6 is 0 Å². The maximum atomic E-state index is 13.0. The van der Waals surface area contributed by atoms with Crippen LogP contribution < -0.4 is 5.73 Å². The number of hydrogen-bond acceptors (Lipinski definition) is 5. The molecule has 1 aliphatic rings. The Morgan fingerprint density at radius 3 is 2.12 bits per heavy atom. The molecule has 1 unspecified atom stereocenters. The Balaban J connectivity index is 1.58. The number of imide groups is 1. The van der Waals surface area contributed by atoms with Crippen molar-refractivity contribution < 1.29 is 19.1 Å². The van der Waals surface area contributed by atoms with Gasteiger partial charge in [-0.2, -0.15) is 0 Å². The van der Waals surface area contributed by atoms with Gasteiger partial charge in [0.15, 0.2) is 0 Å². The minimum Gasteiger partial charge on any atom is -0.459 e. The Morgan fingerprint density at radius 2 is 1.47 bits per heavy atom. The third-order valence-corrected chi connectivity index (χ3v) is 5.29. The van der Waals surface area contributed by atoms with Crippen molar-refractivity contribution >= 4 is 29.5 Å². The summed E-state index contributed by atoms with van der Waals surface area (Å²) in [6, 6.07) is 22.0. The number of nitrogen functional groups attached to an aromatic ring is 1. The van der Waals surface area contributed by atoms with E-state index in [1.54, 1.807) is 42.5 Å². The summed E-state index contributed by atoms with van der Waals surface area (Å²) in [5.41, 5.74) is 8.73. The highest BCUT2D eigenvalue weighted by Gasteiger charge is 2.42. The van der Waals surface area contributed by atoms with E-state index in [0.717, 1.165) is 16.0 Å². The van der Waals surface area contributed by atoms with Gasteiger partial charge in [-0.15, -0.1) is 0 Å². The van der Waals surface area contributed by atoms with Gasteiger partial charge in [-0.3, -0.25) is 14.5 Å². The van der Waals surface area contributed by atoms with E-state index in [9.17, 15) is 14.4 Å². The van der Waals surface area contributed by atoms with Crippen LogP contribution in [0, 0.1) is 0 Å². The molecule has 0 aromatic heterocycles. The molecule has 2 amide bonds. The molecule has 0 spiro atoms. The monoisotopic (exact) mass is 426 g/mol.